The first-order valence-electron chi connectivity index (χ1n) is 7.09. The molecule has 1 aromatic carbocycles. The highest BCUT2D eigenvalue weighted by molar-refractivity contribution is 6.01. The van der Waals surface area contributed by atoms with E-state index in [2.05, 4.69) is 5.32 Å². The summed E-state index contributed by atoms with van der Waals surface area (Å²) in [5.41, 5.74) is 6.47. The average molecular weight is 324 g/mol. The number of carbonyl (C=O) groups is 2. The molecule has 122 valence electrons. The second kappa shape index (κ2) is 7.65. The van der Waals surface area contributed by atoms with Gasteiger partial charge in [-0.15, -0.1) is 0 Å². The van der Waals surface area contributed by atoms with Crippen molar-refractivity contribution in [2.75, 3.05) is 10.6 Å². The van der Waals surface area contributed by atoms with Crippen molar-refractivity contribution in [3.63, 3.8) is 0 Å². The van der Waals surface area contributed by atoms with E-state index in [9.17, 15) is 14.9 Å². The molecule has 0 spiro atoms. The molecule has 1 aromatic heterocycles. The Hall–Kier alpha value is -3.53. The smallest absolute Gasteiger partial charge is 0.263 e. The third kappa shape index (κ3) is 4.24. The molecule has 7 heteroatoms. The van der Waals surface area contributed by atoms with Crippen LogP contribution in [0.25, 0.3) is 0 Å². The monoisotopic (exact) mass is 324 g/mol. The topological polar surface area (TPSA) is 112 Å². The van der Waals surface area contributed by atoms with Crippen LogP contribution in [-0.2, 0) is 16.1 Å². The lowest BCUT2D eigenvalue weighted by molar-refractivity contribution is -0.117. The van der Waals surface area contributed by atoms with Crippen molar-refractivity contribution in [3.05, 3.63) is 60.2 Å². The first kappa shape index (κ1) is 16.8. The molecule has 0 aliphatic heterocycles. The maximum absolute atomic E-state index is 12.1. The number of nitrogens with one attached hydrogen (secondary N) is 1. The van der Waals surface area contributed by atoms with Gasteiger partial charge in [0, 0.05) is 24.5 Å². The van der Waals surface area contributed by atoms with E-state index in [-0.39, 0.29) is 18.0 Å². The molecule has 2 amide bonds. The molecule has 1 heterocycles. The number of rotatable bonds is 5. The lowest BCUT2D eigenvalue weighted by Gasteiger charge is -2.17. The molecule has 7 nitrogen and oxygen atoms in total. The number of nitrogens with two attached hydrogens (primary N) is 1. The summed E-state index contributed by atoms with van der Waals surface area (Å²) in [6.45, 7) is 1.48. The lowest BCUT2D eigenvalue weighted by Crippen LogP contribution is -2.28. The number of hydrogen-bond acceptors (Lipinski definition) is 5. The van der Waals surface area contributed by atoms with E-state index >= 15 is 0 Å². The third-order valence-corrected chi connectivity index (χ3v) is 3.14. The maximum Gasteiger partial charge on any atom is 0.263 e. The molecule has 0 fully saturated rings. The van der Waals surface area contributed by atoms with E-state index in [0.717, 1.165) is 0 Å². The van der Waals surface area contributed by atoms with Crippen LogP contribution < -0.4 is 16.0 Å². The first-order chi connectivity index (χ1) is 11.5. The van der Waals surface area contributed by atoms with Crippen LogP contribution in [0.2, 0.25) is 0 Å². The Morgan fingerprint density at radius 1 is 1.33 bits per heavy atom. The van der Waals surface area contributed by atoms with Gasteiger partial charge < -0.3 is 15.5 Å². The Morgan fingerprint density at radius 2 is 2.04 bits per heavy atom. The van der Waals surface area contributed by atoms with Gasteiger partial charge in [0.25, 0.3) is 5.91 Å². The minimum absolute atomic E-state index is 0.146. The van der Waals surface area contributed by atoms with Crippen molar-refractivity contribution in [1.29, 1.82) is 5.26 Å². The fraction of sp³-hybridized carbons (Fsp3) is 0.118. The van der Waals surface area contributed by atoms with Gasteiger partial charge in [-0.2, -0.15) is 5.26 Å². The lowest BCUT2D eigenvalue weighted by atomic mass is 10.2. The van der Waals surface area contributed by atoms with Gasteiger partial charge in [0.1, 0.15) is 17.4 Å². The Labute approximate surface area is 139 Å². The van der Waals surface area contributed by atoms with Crippen LogP contribution in [0.1, 0.15) is 12.7 Å². The van der Waals surface area contributed by atoms with Crippen LogP contribution in [0.3, 0.4) is 0 Å². The van der Waals surface area contributed by atoms with E-state index < -0.39 is 5.91 Å². The van der Waals surface area contributed by atoms with E-state index in [1.54, 1.807) is 42.5 Å². The second-order valence-electron chi connectivity index (χ2n) is 4.90. The normalized spacial score (nSPS) is 10.8. The molecular weight excluding hydrogens is 308 g/mol. The Bertz CT molecular complexity index is 786. The van der Waals surface area contributed by atoms with Crippen LogP contribution in [0, 0.1) is 11.3 Å². The largest absolute Gasteiger partial charge is 0.467 e. The minimum atomic E-state index is -0.601. The number of amides is 2. The number of nitrogens with zero attached hydrogens (tertiary/aromatic N) is 2. The Kier molecular flexibility index (Phi) is 5.36. The Balaban J connectivity index is 2.18. The molecule has 2 rings (SSSR count). The van der Waals surface area contributed by atoms with Gasteiger partial charge in [-0.25, -0.2) is 0 Å². The number of nitriles is 1. The number of benzene rings is 1. The summed E-state index contributed by atoms with van der Waals surface area (Å²) in [5.74, 6) is -0.385. The number of carbonyl (C=O) groups excluding carboxylic acids is 2. The second-order valence-corrected chi connectivity index (χ2v) is 4.90. The molecule has 0 atom stereocenters. The molecule has 3 N–H and O–H groups in total. The predicted octanol–water partition coefficient (Wildman–Crippen LogP) is 1.94. The van der Waals surface area contributed by atoms with Gasteiger partial charge in [-0.3, -0.25) is 14.5 Å². The van der Waals surface area contributed by atoms with Crippen molar-refractivity contribution in [2.45, 2.75) is 13.5 Å². The van der Waals surface area contributed by atoms with Gasteiger partial charge in [-0.05, 0) is 36.4 Å². The molecule has 0 bridgehead atoms. The number of nitrogen functional groups attached to an aromatic ring is 1. The van der Waals surface area contributed by atoms with Gasteiger partial charge in [0.15, 0.2) is 0 Å². The number of anilines is 2. The van der Waals surface area contributed by atoms with Gasteiger partial charge in [0.05, 0.1) is 12.8 Å². The fourth-order valence-electron chi connectivity index (χ4n) is 1.93. The van der Waals surface area contributed by atoms with Crippen LogP contribution >= 0.6 is 0 Å². The number of furan rings is 1. The summed E-state index contributed by atoms with van der Waals surface area (Å²) in [4.78, 5) is 25.2. The van der Waals surface area contributed by atoms with Crippen molar-refractivity contribution in [1.82, 2.24) is 5.32 Å². The highest BCUT2D eigenvalue weighted by Crippen LogP contribution is 2.18. The zero-order valence-electron chi connectivity index (χ0n) is 13.0. The quantitative estimate of drug-likeness (QED) is 0.496. The molecule has 0 aliphatic rings. The van der Waals surface area contributed by atoms with Crippen molar-refractivity contribution in [3.8, 4) is 6.07 Å². The van der Waals surface area contributed by atoms with Gasteiger partial charge in [-0.1, -0.05) is 0 Å². The van der Waals surface area contributed by atoms with E-state index in [1.165, 1.54) is 24.3 Å². The summed E-state index contributed by atoms with van der Waals surface area (Å²) in [5, 5.41) is 11.8. The molecule has 0 saturated heterocycles. The average Bonchev–Trinajstić information content (AvgIpc) is 3.08. The third-order valence-electron chi connectivity index (χ3n) is 3.14. The van der Waals surface area contributed by atoms with Crippen LogP contribution in [-0.4, -0.2) is 11.8 Å². The van der Waals surface area contributed by atoms with Gasteiger partial charge in [0.2, 0.25) is 5.91 Å². The fourth-order valence-corrected chi connectivity index (χ4v) is 1.93. The van der Waals surface area contributed by atoms with E-state index in [1.807, 2.05) is 0 Å². The maximum atomic E-state index is 12.1. The molecule has 0 saturated carbocycles. The van der Waals surface area contributed by atoms with Gasteiger partial charge >= 0.3 is 0 Å². The number of hydrogen-bond donors (Lipinski definition) is 2. The summed E-state index contributed by atoms with van der Waals surface area (Å²) in [6, 6.07) is 11.7. The minimum Gasteiger partial charge on any atom is -0.467 e. The van der Waals surface area contributed by atoms with E-state index in [4.69, 9.17) is 10.2 Å². The molecule has 0 radical (unpaired) electrons. The van der Waals surface area contributed by atoms with Crippen molar-refractivity contribution < 1.29 is 14.0 Å². The van der Waals surface area contributed by atoms with Crippen LogP contribution in [0.4, 0.5) is 11.4 Å². The highest BCUT2D eigenvalue weighted by atomic mass is 16.3. The zero-order valence-corrected chi connectivity index (χ0v) is 13.0. The summed E-state index contributed by atoms with van der Waals surface area (Å²) in [6.07, 6.45) is 2.69. The standard InChI is InChI=1S/C17H16N4O3/c1-12(22)21(15-6-4-14(19)5-7-15)11-13(9-18)17(23)20-10-16-3-2-8-24-16/h2-8,11H,10,19H2,1H3,(H,20,23)/b13-11-. The summed E-state index contributed by atoms with van der Waals surface area (Å²) < 4.78 is 5.10. The zero-order chi connectivity index (χ0) is 17.5. The van der Waals surface area contributed by atoms with Crippen LogP contribution in [0.5, 0.6) is 0 Å². The molecule has 24 heavy (non-hydrogen) atoms. The summed E-state index contributed by atoms with van der Waals surface area (Å²) >= 11 is 0. The summed E-state index contributed by atoms with van der Waals surface area (Å²) in [7, 11) is 0. The van der Waals surface area contributed by atoms with Crippen molar-refractivity contribution >= 4 is 23.2 Å². The van der Waals surface area contributed by atoms with E-state index in [0.29, 0.717) is 17.1 Å². The molecular formula is C17H16N4O3. The van der Waals surface area contributed by atoms with Crippen molar-refractivity contribution in [2.24, 2.45) is 0 Å². The molecule has 0 unspecified atom stereocenters. The van der Waals surface area contributed by atoms with Crippen LogP contribution in [0.15, 0.2) is 58.9 Å². The molecule has 2 aromatic rings. The highest BCUT2D eigenvalue weighted by Gasteiger charge is 2.15. The SMILES string of the molecule is CC(=O)N(/C=C(/C#N)C(=O)NCc1ccco1)c1ccc(N)cc1. The first-order valence-corrected chi connectivity index (χ1v) is 7.09. The Morgan fingerprint density at radius 3 is 2.58 bits per heavy atom. The molecule has 0 aliphatic carbocycles. The predicted molar refractivity (Wildman–Crippen MR) is 88.3 cm³/mol.